The summed E-state index contributed by atoms with van der Waals surface area (Å²) in [6.45, 7) is 0.947. The molecule has 1 saturated carbocycles. The molecular formula is C14H21N3S. The summed E-state index contributed by atoms with van der Waals surface area (Å²) in [4.78, 5) is 6.16. The number of nitrogens with zero attached hydrogens (tertiary/aromatic N) is 2. The molecule has 0 bridgehead atoms. The zero-order valence-corrected chi connectivity index (χ0v) is 11.7. The second-order valence-electron chi connectivity index (χ2n) is 4.96. The third-order valence-electron chi connectivity index (χ3n) is 3.51. The fraction of sp³-hybridized carbons (Fsp3) is 0.571. The second-order valence-corrected chi connectivity index (χ2v) is 5.34. The van der Waals surface area contributed by atoms with Gasteiger partial charge in [-0.15, -0.1) is 0 Å². The van der Waals surface area contributed by atoms with E-state index >= 15 is 0 Å². The fourth-order valence-corrected chi connectivity index (χ4v) is 2.56. The molecule has 2 rings (SSSR count). The smallest absolute Gasteiger partial charge is 0.168 e. The van der Waals surface area contributed by atoms with E-state index in [-0.39, 0.29) is 0 Å². The van der Waals surface area contributed by atoms with Gasteiger partial charge in [0.2, 0.25) is 0 Å². The van der Waals surface area contributed by atoms with Gasteiger partial charge in [0.15, 0.2) is 5.11 Å². The molecule has 0 aliphatic heterocycles. The minimum Gasteiger partial charge on any atom is -0.360 e. The van der Waals surface area contributed by atoms with Gasteiger partial charge in [0.05, 0.1) is 0 Å². The average Bonchev–Trinajstić information content (AvgIpc) is 2.90. The normalized spacial score (nSPS) is 15.6. The van der Waals surface area contributed by atoms with Gasteiger partial charge in [0, 0.05) is 32.0 Å². The predicted molar refractivity (Wildman–Crippen MR) is 78.6 cm³/mol. The van der Waals surface area contributed by atoms with E-state index in [1.165, 1.54) is 31.2 Å². The Morgan fingerprint density at radius 2 is 2.06 bits per heavy atom. The van der Waals surface area contributed by atoms with Crippen LogP contribution in [0.25, 0.3) is 0 Å². The summed E-state index contributed by atoms with van der Waals surface area (Å²) in [7, 11) is 2.06. The van der Waals surface area contributed by atoms with Crippen molar-refractivity contribution in [1.29, 1.82) is 0 Å². The van der Waals surface area contributed by atoms with Crippen molar-refractivity contribution < 1.29 is 0 Å². The van der Waals surface area contributed by atoms with Crippen LogP contribution in [0.3, 0.4) is 0 Å². The quantitative estimate of drug-likeness (QED) is 0.844. The average molecular weight is 263 g/mol. The zero-order chi connectivity index (χ0) is 12.8. The highest BCUT2D eigenvalue weighted by Crippen LogP contribution is 2.17. The van der Waals surface area contributed by atoms with Crippen molar-refractivity contribution in [1.82, 2.24) is 15.2 Å². The van der Waals surface area contributed by atoms with Crippen LogP contribution in [0, 0.1) is 0 Å². The summed E-state index contributed by atoms with van der Waals surface area (Å²) < 4.78 is 0. The third kappa shape index (κ3) is 3.95. The molecular weight excluding hydrogens is 242 g/mol. The van der Waals surface area contributed by atoms with Crippen molar-refractivity contribution in [3.8, 4) is 0 Å². The van der Waals surface area contributed by atoms with Crippen molar-refractivity contribution >= 4 is 17.3 Å². The van der Waals surface area contributed by atoms with Gasteiger partial charge in [-0.25, -0.2) is 0 Å². The lowest BCUT2D eigenvalue weighted by molar-refractivity contribution is 0.479. The first-order valence-corrected chi connectivity index (χ1v) is 7.07. The van der Waals surface area contributed by atoms with Gasteiger partial charge in [0.25, 0.3) is 0 Å². The van der Waals surface area contributed by atoms with Crippen LogP contribution in [0.1, 0.15) is 31.2 Å². The maximum atomic E-state index is 5.43. The van der Waals surface area contributed by atoms with Crippen LogP contribution in [0.15, 0.2) is 24.5 Å². The van der Waals surface area contributed by atoms with Crippen molar-refractivity contribution in [3.05, 3.63) is 30.1 Å². The van der Waals surface area contributed by atoms with E-state index in [4.69, 9.17) is 12.2 Å². The molecule has 1 heterocycles. The summed E-state index contributed by atoms with van der Waals surface area (Å²) in [6, 6.07) is 4.71. The Hall–Kier alpha value is -1.16. The van der Waals surface area contributed by atoms with Gasteiger partial charge in [-0.3, -0.25) is 4.98 Å². The topological polar surface area (TPSA) is 28.2 Å². The van der Waals surface area contributed by atoms with E-state index in [0.717, 1.165) is 18.1 Å². The lowest BCUT2D eigenvalue weighted by atomic mass is 10.2. The van der Waals surface area contributed by atoms with E-state index in [0.29, 0.717) is 6.04 Å². The summed E-state index contributed by atoms with van der Waals surface area (Å²) in [6.07, 6.45) is 9.87. The molecule has 0 aromatic carbocycles. The Morgan fingerprint density at radius 1 is 1.39 bits per heavy atom. The van der Waals surface area contributed by atoms with Crippen LogP contribution in [0.5, 0.6) is 0 Å². The van der Waals surface area contributed by atoms with Crippen molar-refractivity contribution in [2.75, 3.05) is 13.6 Å². The first-order valence-electron chi connectivity index (χ1n) is 6.66. The first-order chi connectivity index (χ1) is 8.75. The van der Waals surface area contributed by atoms with E-state index in [1.807, 2.05) is 12.4 Å². The largest absolute Gasteiger partial charge is 0.360 e. The molecule has 4 heteroatoms. The molecule has 1 aliphatic rings. The number of hydrogen-bond donors (Lipinski definition) is 1. The minimum absolute atomic E-state index is 0.598. The van der Waals surface area contributed by atoms with Gasteiger partial charge in [-0.05, 0) is 49.2 Å². The number of nitrogens with one attached hydrogen (secondary N) is 1. The van der Waals surface area contributed by atoms with E-state index in [2.05, 4.69) is 34.4 Å². The van der Waals surface area contributed by atoms with Gasteiger partial charge >= 0.3 is 0 Å². The molecule has 0 spiro atoms. The predicted octanol–water partition coefficient (Wildman–Crippen LogP) is 2.37. The lowest BCUT2D eigenvalue weighted by Gasteiger charge is -2.24. The van der Waals surface area contributed by atoms with E-state index < -0.39 is 0 Å². The monoisotopic (exact) mass is 263 g/mol. The Balaban J connectivity index is 1.73. The Bertz CT molecular complexity index is 374. The molecule has 1 N–H and O–H groups in total. The van der Waals surface area contributed by atoms with Crippen LogP contribution in [-0.2, 0) is 6.42 Å². The molecule has 98 valence electrons. The summed E-state index contributed by atoms with van der Waals surface area (Å²) in [5.41, 5.74) is 1.31. The third-order valence-corrected chi connectivity index (χ3v) is 3.94. The van der Waals surface area contributed by atoms with Crippen LogP contribution in [0.2, 0.25) is 0 Å². The Kier molecular flexibility index (Phi) is 4.93. The van der Waals surface area contributed by atoms with Crippen LogP contribution >= 0.6 is 12.2 Å². The zero-order valence-electron chi connectivity index (χ0n) is 10.9. The van der Waals surface area contributed by atoms with Gasteiger partial charge in [-0.1, -0.05) is 12.8 Å². The highest BCUT2D eigenvalue weighted by molar-refractivity contribution is 7.80. The summed E-state index contributed by atoms with van der Waals surface area (Å²) in [5, 5.41) is 4.35. The molecule has 0 atom stereocenters. The number of hydrogen-bond acceptors (Lipinski definition) is 2. The standard InChI is InChI=1S/C14H21N3S/c1-17(11-8-12-6-9-15-10-7-12)14(18)16-13-4-2-3-5-13/h6-7,9-10,13H,2-5,8,11H2,1H3,(H,16,18). The second kappa shape index (κ2) is 6.69. The maximum Gasteiger partial charge on any atom is 0.168 e. The molecule has 0 unspecified atom stereocenters. The summed E-state index contributed by atoms with van der Waals surface area (Å²) >= 11 is 5.43. The Morgan fingerprint density at radius 3 is 2.72 bits per heavy atom. The molecule has 18 heavy (non-hydrogen) atoms. The molecule has 0 radical (unpaired) electrons. The number of pyridine rings is 1. The minimum atomic E-state index is 0.598. The molecule has 1 aromatic heterocycles. The highest BCUT2D eigenvalue weighted by atomic mass is 32.1. The van der Waals surface area contributed by atoms with Crippen molar-refractivity contribution in [2.24, 2.45) is 0 Å². The number of rotatable bonds is 4. The van der Waals surface area contributed by atoms with Crippen LogP contribution < -0.4 is 5.32 Å². The number of likely N-dealkylation sites (N-methyl/N-ethyl adjacent to an activating group) is 1. The molecule has 3 nitrogen and oxygen atoms in total. The first kappa shape index (κ1) is 13.3. The van der Waals surface area contributed by atoms with E-state index in [9.17, 15) is 0 Å². The highest BCUT2D eigenvalue weighted by Gasteiger charge is 2.16. The van der Waals surface area contributed by atoms with Gasteiger partial charge in [0.1, 0.15) is 0 Å². The van der Waals surface area contributed by atoms with Crippen LogP contribution in [0.4, 0.5) is 0 Å². The molecule has 1 aromatic rings. The lowest BCUT2D eigenvalue weighted by Crippen LogP contribution is -2.42. The van der Waals surface area contributed by atoms with Crippen LogP contribution in [-0.4, -0.2) is 34.6 Å². The van der Waals surface area contributed by atoms with Gasteiger partial charge < -0.3 is 10.2 Å². The SMILES string of the molecule is CN(CCc1ccncc1)C(=S)NC1CCCC1. The molecule has 0 amide bonds. The molecule has 1 fully saturated rings. The molecule has 0 saturated heterocycles. The van der Waals surface area contributed by atoms with Crippen molar-refractivity contribution in [3.63, 3.8) is 0 Å². The Labute approximate surface area is 115 Å². The molecule has 1 aliphatic carbocycles. The fourth-order valence-electron chi connectivity index (χ4n) is 2.30. The van der Waals surface area contributed by atoms with E-state index in [1.54, 1.807) is 0 Å². The number of aromatic nitrogens is 1. The summed E-state index contributed by atoms with van der Waals surface area (Å²) in [5.74, 6) is 0. The van der Waals surface area contributed by atoms with Gasteiger partial charge in [-0.2, -0.15) is 0 Å². The maximum absolute atomic E-state index is 5.43. The van der Waals surface area contributed by atoms with Crippen molar-refractivity contribution in [2.45, 2.75) is 38.1 Å². The number of thiocarbonyl (C=S) groups is 1.